The highest BCUT2D eigenvalue weighted by atomic mass is 16.7. The van der Waals surface area contributed by atoms with Gasteiger partial charge in [-0.15, -0.1) is 5.10 Å². The molecule has 10 heteroatoms. The third kappa shape index (κ3) is 3.29. The number of carbonyl (C=O) groups is 3. The minimum absolute atomic E-state index is 0.0775. The normalized spacial score (nSPS) is 13.1. The number of imide groups is 1. The van der Waals surface area contributed by atoms with Crippen LogP contribution in [0.25, 0.3) is 11.0 Å². The molecule has 0 atom stereocenters. The summed E-state index contributed by atoms with van der Waals surface area (Å²) in [5.41, 5.74) is 7.02. The summed E-state index contributed by atoms with van der Waals surface area (Å²) in [7, 11) is 0. The monoisotopic (exact) mass is 394 g/mol. The predicted molar refractivity (Wildman–Crippen MR) is 101 cm³/mol. The van der Waals surface area contributed by atoms with Gasteiger partial charge in [-0.25, -0.2) is 9.80 Å². The average Bonchev–Trinajstić information content (AvgIpc) is 3.25. The number of fused-ring (bicyclic) bond motifs is 2. The van der Waals surface area contributed by atoms with Crippen molar-refractivity contribution in [3.63, 3.8) is 0 Å². The van der Waals surface area contributed by atoms with Crippen molar-refractivity contribution in [1.29, 1.82) is 0 Å². The Balaban J connectivity index is 1.62. The molecule has 3 amide bonds. The van der Waals surface area contributed by atoms with E-state index in [4.69, 9.17) is 10.6 Å². The van der Waals surface area contributed by atoms with Crippen LogP contribution in [0.2, 0.25) is 0 Å². The highest BCUT2D eigenvalue weighted by Crippen LogP contribution is 2.24. The molecule has 0 spiro atoms. The fourth-order valence-corrected chi connectivity index (χ4v) is 3.11. The lowest BCUT2D eigenvalue weighted by Crippen LogP contribution is -2.52. The first-order chi connectivity index (χ1) is 14.1. The number of nitrogens with two attached hydrogens (primary N) is 1. The Hall–Kier alpha value is -3.79. The van der Waals surface area contributed by atoms with Crippen molar-refractivity contribution >= 4 is 28.9 Å². The van der Waals surface area contributed by atoms with Crippen molar-refractivity contribution < 1.29 is 19.2 Å². The highest BCUT2D eigenvalue weighted by molar-refractivity contribution is 6.21. The largest absolute Gasteiger partial charge is 0.455 e. The summed E-state index contributed by atoms with van der Waals surface area (Å²) in [6, 6.07) is 13.3. The summed E-state index contributed by atoms with van der Waals surface area (Å²) in [5, 5.41) is 9.52. The first kappa shape index (κ1) is 18.6. The van der Waals surface area contributed by atoms with Crippen LogP contribution in [0, 0.1) is 0 Å². The quantitative estimate of drug-likeness (QED) is 0.379. The predicted octanol–water partition coefficient (Wildman–Crippen LogP) is 1.23. The lowest BCUT2D eigenvalue weighted by atomic mass is 10.1. The zero-order chi connectivity index (χ0) is 20.4. The van der Waals surface area contributed by atoms with Crippen molar-refractivity contribution in [2.24, 2.45) is 5.73 Å². The second kappa shape index (κ2) is 7.68. The van der Waals surface area contributed by atoms with E-state index in [-0.39, 0.29) is 17.7 Å². The molecule has 29 heavy (non-hydrogen) atoms. The number of hydrogen-bond donors (Lipinski definition) is 1. The Morgan fingerprint density at radius 1 is 1.00 bits per heavy atom. The smallest absolute Gasteiger partial charge is 0.330 e. The van der Waals surface area contributed by atoms with Gasteiger partial charge in [0.1, 0.15) is 11.0 Å². The molecule has 148 valence electrons. The molecule has 2 heterocycles. The van der Waals surface area contributed by atoms with Crippen molar-refractivity contribution in [1.82, 2.24) is 25.2 Å². The second-order valence-electron chi connectivity index (χ2n) is 6.39. The molecular weight excluding hydrogens is 376 g/mol. The molecular formula is C19H18N6O4. The van der Waals surface area contributed by atoms with E-state index < -0.39 is 17.9 Å². The molecule has 1 aliphatic heterocycles. The summed E-state index contributed by atoms with van der Waals surface area (Å²) >= 11 is 0. The number of nitrogens with zero attached hydrogens (tertiary/aromatic N) is 5. The molecule has 0 saturated carbocycles. The van der Waals surface area contributed by atoms with Gasteiger partial charge in [-0.3, -0.25) is 14.4 Å². The van der Waals surface area contributed by atoms with E-state index in [1.165, 1.54) is 0 Å². The van der Waals surface area contributed by atoms with Gasteiger partial charge in [0.05, 0.1) is 11.1 Å². The number of benzene rings is 2. The van der Waals surface area contributed by atoms with Crippen LogP contribution in [0.5, 0.6) is 0 Å². The van der Waals surface area contributed by atoms with Crippen molar-refractivity contribution in [3.8, 4) is 0 Å². The first-order valence-corrected chi connectivity index (χ1v) is 9.10. The number of unbranched alkanes of at least 4 members (excludes halogenated alkanes) is 1. The molecule has 2 N–H and O–H groups in total. The second-order valence-corrected chi connectivity index (χ2v) is 6.39. The standard InChI is InChI=1S/C19H18N6O4/c20-11-5-6-12-23(24-17(26)13-7-1-2-8-14(13)18(24)27)19(28)29-25-16-10-4-3-9-15(16)21-22-25/h1-4,7-10H,5-6,11-12,20H2. The van der Waals surface area contributed by atoms with Gasteiger partial charge in [0.2, 0.25) is 0 Å². The van der Waals surface area contributed by atoms with Gasteiger partial charge in [-0.1, -0.05) is 29.1 Å². The molecule has 0 aliphatic carbocycles. The Morgan fingerprint density at radius 3 is 2.34 bits per heavy atom. The summed E-state index contributed by atoms with van der Waals surface area (Å²) < 4.78 is 0. The Morgan fingerprint density at radius 2 is 1.66 bits per heavy atom. The van der Waals surface area contributed by atoms with E-state index in [1.54, 1.807) is 48.5 Å². The maximum absolute atomic E-state index is 12.9. The zero-order valence-electron chi connectivity index (χ0n) is 15.4. The van der Waals surface area contributed by atoms with Gasteiger partial charge in [0.15, 0.2) is 0 Å². The zero-order valence-corrected chi connectivity index (χ0v) is 15.4. The fraction of sp³-hybridized carbons (Fsp3) is 0.211. The topological polar surface area (TPSA) is 124 Å². The molecule has 1 aliphatic rings. The minimum Gasteiger partial charge on any atom is -0.330 e. The molecule has 0 saturated heterocycles. The van der Waals surface area contributed by atoms with Gasteiger partial charge in [-0.05, 0) is 48.9 Å². The SMILES string of the molecule is NCCCCN(C(=O)On1nnc2ccccc21)N1C(=O)c2ccccc2C1=O. The van der Waals surface area contributed by atoms with Crippen LogP contribution in [0.3, 0.4) is 0 Å². The van der Waals surface area contributed by atoms with Gasteiger partial charge in [0, 0.05) is 6.54 Å². The Labute approximate surface area is 165 Å². The summed E-state index contributed by atoms with van der Waals surface area (Å²) in [4.78, 5) is 44.8. The summed E-state index contributed by atoms with van der Waals surface area (Å²) in [6.07, 6.45) is 0.170. The van der Waals surface area contributed by atoms with Crippen LogP contribution in [-0.2, 0) is 0 Å². The first-order valence-electron chi connectivity index (χ1n) is 9.10. The molecule has 3 aromatic rings. The molecule has 1 aromatic heterocycles. The molecule has 0 radical (unpaired) electrons. The van der Waals surface area contributed by atoms with E-state index in [1.807, 2.05) is 0 Å². The van der Waals surface area contributed by atoms with Crippen LogP contribution < -0.4 is 10.6 Å². The number of hydrazine groups is 1. The molecule has 0 unspecified atom stereocenters. The number of rotatable bonds is 6. The molecule has 10 nitrogen and oxygen atoms in total. The van der Waals surface area contributed by atoms with Crippen LogP contribution in [-0.4, -0.2) is 56.2 Å². The number of carbonyl (C=O) groups excluding carboxylic acids is 3. The molecule has 4 rings (SSSR count). The lowest BCUT2D eigenvalue weighted by Gasteiger charge is -2.28. The van der Waals surface area contributed by atoms with Crippen molar-refractivity contribution in [2.75, 3.05) is 13.1 Å². The maximum Gasteiger partial charge on any atom is 0.455 e. The van der Waals surface area contributed by atoms with Gasteiger partial charge >= 0.3 is 6.09 Å². The van der Waals surface area contributed by atoms with E-state index in [0.29, 0.717) is 30.4 Å². The highest BCUT2D eigenvalue weighted by Gasteiger charge is 2.42. The van der Waals surface area contributed by atoms with E-state index in [2.05, 4.69) is 10.3 Å². The third-order valence-electron chi connectivity index (χ3n) is 4.53. The van der Waals surface area contributed by atoms with Crippen molar-refractivity contribution in [3.05, 3.63) is 59.7 Å². The Kier molecular flexibility index (Phi) is 4.92. The lowest BCUT2D eigenvalue weighted by molar-refractivity contribution is -0.00757. The molecule has 0 fully saturated rings. The Bertz CT molecular complexity index is 1060. The minimum atomic E-state index is -0.924. The number of hydrogen-bond acceptors (Lipinski definition) is 7. The van der Waals surface area contributed by atoms with Crippen LogP contribution in [0.15, 0.2) is 48.5 Å². The van der Waals surface area contributed by atoms with Gasteiger partial charge in [0.25, 0.3) is 11.8 Å². The van der Waals surface area contributed by atoms with Gasteiger partial charge < -0.3 is 5.73 Å². The van der Waals surface area contributed by atoms with Crippen molar-refractivity contribution in [2.45, 2.75) is 12.8 Å². The molecule has 2 aromatic carbocycles. The fourth-order valence-electron chi connectivity index (χ4n) is 3.11. The summed E-state index contributed by atoms with van der Waals surface area (Å²) in [6.45, 7) is 0.493. The number of aromatic nitrogens is 3. The van der Waals surface area contributed by atoms with Crippen LogP contribution >= 0.6 is 0 Å². The van der Waals surface area contributed by atoms with E-state index in [9.17, 15) is 14.4 Å². The van der Waals surface area contributed by atoms with Crippen LogP contribution in [0.4, 0.5) is 4.79 Å². The average molecular weight is 394 g/mol. The van der Waals surface area contributed by atoms with E-state index >= 15 is 0 Å². The van der Waals surface area contributed by atoms with Crippen LogP contribution in [0.1, 0.15) is 33.6 Å². The maximum atomic E-state index is 12.9. The summed E-state index contributed by atoms with van der Waals surface area (Å²) in [5.74, 6) is -1.17. The third-order valence-corrected chi connectivity index (χ3v) is 4.53. The van der Waals surface area contributed by atoms with Gasteiger partial charge in [-0.2, -0.15) is 5.01 Å². The number of amides is 3. The molecule has 0 bridgehead atoms. The van der Waals surface area contributed by atoms with E-state index in [0.717, 1.165) is 14.9 Å². The number of para-hydroxylation sites is 1.